The zero-order valence-electron chi connectivity index (χ0n) is 13.2. The van der Waals surface area contributed by atoms with Crippen molar-refractivity contribution < 1.29 is 14.6 Å². The van der Waals surface area contributed by atoms with Crippen molar-refractivity contribution >= 4 is 34.9 Å². The summed E-state index contributed by atoms with van der Waals surface area (Å²) < 4.78 is 5.76. The lowest BCUT2D eigenvalue weighted by Gasteiger charge is -2.02. The minimum absolute atomic E-state index is 0.0635. The number of thiophene rings is 1. The minimum Gasteiger partial charge on any atom is -0.507 e. The first-order valence-corrected chi connectivity index (χ1v) is 8.47. The number of hydrogen-bond acceptors (Lipinski definition) is 6. The number of ether oxygens (including phenoxy) is 1. The number of phenols is 1. The molecule has 0 amide bonds. The van der Waals surface area contributed by atoms with Gasteiger partial charge in [0, 0.05) is 11.8 Å². The van der Waals surface area contributed by atoms with Crippen LogP contribution in [0, 0.1) is 0 Å². The molecule has 0 unspecified atom stereocenters. The number of aromatic nitrogens is 2. The van der Waals surface area contributed by atoms with Crippen molar-refractivity contribution in [1.29, 1.82) is 0 Å². The molecule has 2 N–H and O–H groups in total. The van der Waals surface area contributed by atoms with E-state index in [2.05, 4.69) is 15.2 Å². The first kappa shape index (κ1) is 17.2. The van der Waals surface area contributed by atoms with Gasteiger partial charge < -0.3 is 9.84 Å². The molecule has 0 bridgehead atoms. The van der Waals surface area contributed by atoms with E-state index in [-0.39, 0.29) is 18.1 Å². The van der Waals surface area contributed by atoms with Crippen molar-refractivity contribution in [2.24, 2.45) is 4.99 Å². The van der Waals surface area contributed by atoms with E-state index < -0.39 is 0 Å². The number of H-pyrrole nitrogens is 1. The lowest BCUT2D eigenvalue weighted by atomic mass is 10.2. The summed E-state index contributed by atoms with van der Waals surface area (Å²) in [6.07, 6.45) is 1.43. The molecule has 0 aliphatic heterocycles. The van der Waals surface area contributed by atoms with E-state index in [1.807, 2.05) is 6.07 Å². The van der Waals surface area contributed by atoms with Crippen molar-refractivity contribution in [3.05, 3.63) is 52.0 Å². The van der Waals surface area contributed by atoms with Crippen molar-refractivity contribution in [2.75, 3.05) is 13.7 Å². The Bertz CT molecular complexity index is 933. The highest BCUT2D eigenvalue weighted by atomic mass is 35.5. The number of nitrogens with zero attached hydrogens (tertiary/aromatic N) is 2. The van der Waals surface area contributed by atoms with Crippen LogP contribution in [0.3, 0.4) is 0 Å². The molecule has 128 valence electrons. The first-order valence-electron chi connectivity index (χ1n) is 7.28. The van der Waals surface area contributed by atoms with Crippen molar-refractivity contribution in [1.82, 2.24) is 10.2 Å². The summed E-state index contributed by atoms with van der Waals surface area (Å²) in [6, 6.07) is 10.1. The number of halogens is 1. The van der Waals surface area contributed by atoms with Gasteiger partial charge in [-0.1, -0.05) is 11.6 Å². The van der Waals surface area contributed by atoms with Gasteiger partial charge in [0.1, 0.15) is 23.7 Å². The van der Waals surface area contributed by atoms with E-state index in [9.17, 15) is 9.90 Å². The molecular formula is C17H14ClN3O3S. The maximum Gasteiger partial charge on any atom is 0.204 e. The van der Waals surface area contributed by atoms with E-state index in [0.717, 1.165) is 10.6 Å². The van der Waals surface area contributed by atoms with Crippen LogP contribution in [-0.4, -0.2) is 41.0 Å². The number of rotatable bonds is 6. The Hall–Kier alpha value is -2.64. The maximum atomic E-state index is 12.2. The zero-order chi connectivity index (χ0) is 17.8. The Balaban J connectivity index is 1.68. The summed E-state index contributed by atoms with van der Waals surface area (Å²) in [5.74, 6) is 0.426. The molecule has 3 aromatic rings. The van der Waals surface area contributed by atoms with Gasteiger partial charge in [0.05, 0.1) is 22.0 Å². The van der Waals surface area contributed by atoms with Gasteiger partial charge in [-0.05, 0) is 36.4 Å². The SMILES string of the molecule is COc1ccc(O)c(C=NCC(=O)c2cc(-c3ccc(Cl)s3)[nH]n2)c1. The average molecular weight is 376 g/mol. The second kappa shape index (κ2) is 7.50. The zero-order valence-corrected chi connectivity index (χ0v) is 14.8. The number of Topliss-reactive ketones (excluding diaryl/α,β-unsaturated/α-hetero) is 1. The highest BCUT2D eigenvalue weighted by Crippen LogP contribution is 2.30. The largest absolute Gasteiger partial charge is 0.507 e. The monoisotopic (exact) mass is 375 g/mol. The number of hydrogen-bond donors (Lipinski definition) is 2. The van der Waals surface area contributed by atoms with Gasteiger partial charge in [-0.3, -0.25) is 14.9 Å². The number of ketones is 1. The van der Waals surface area contributed by atoms with E-state index >= 15 is 0 Å². The van der Waals surface area contributed by atoms with Crippen LogP contribution in [0.5, 0.6) is 11.5 Å². The summed E-state index contributed by atoms with van der Waals surface area (Å²) >= 11 is 7.31. The highest BCUT2D eigenvalue weighted by Gasteiger charge is 2.12. The molecule has 2 aromatic heterocycles. The fourth-order valence-corrected chi connectivity index (χ4v) is 3.13. The molecule has 0 aliphatic rings. The number of aromatic hydroxyl groups is 1. The molecule has 0 saturated carbocycles. The summed E-state index contributed by atoms with van der Waals surface area (Å²) in [4.78, 5) is 17.2. The maximum absolute atomic E-state index is 12.2. The molecule has 0 radical (unpaired) electrons. The predicted octanol–water partition coefficient (Wildman–Crippen LogP) is 3.81. The summed E-state index contributed by atoms with van der Waals surface area (Å²) in [5.41, 5.74) is 1.50. The van der Waals surface area contributed by atoms with Gasteiger partial charge in [-0.25, -0.2) is 0 Å². The number of aromatic amines is 1. The molecule has 8 heteroatoms. The van der Waals surface area contributed by atoms with Crippen LogP contribution in [0.1, 0.15) is 16.1 Å². The number of carbonyl (C=O) groups is 1. The van der Waals surface area contributed by atoms with E-state index in [1.165, 1.54) is 30.7 Å². The Kier molecular flexibility index (Phi) is 5.16. The summed E-state index contributed by atoms with van der Waals surface area (Å²) in [6.45, 7) is -0.0772. The molecule has 1 aromatic carbocycles. The number of nitrogens with one attached hydrogen (secondary N) is 1. The second-order valence-electron chi connectivity index (χ2n) is 5.09. The normalized spacial score (nSPS) is 11.1. The molecule has 6 nitrogen and oxygen atoms in total. The van der Waals surface area contributed by atoms with Crippen LogP contribution in [0.4, 0.5) is 0 Å². The first-order chi connectivity index (χ1) is 12.1. The van der Waals surface area contributed by atoms with Crippen molar-refractivity contribution in [3.8, 4) is 22.1 Å². The van der Waals surface area contributed by atoms with Crippen LogP contribution >= 0.6 is 22.9 Å². The van der Waals surface area contributed by atoms with E-state index in [1.54, 1.807) is 24.3 Å². The number of carbonyl (C=O) groups excluding carboxylic acids is 1. The van der Waals surface area contributed by atoms with Crippen molar-refractivity contribution in [3.63, 3.8) is 0 Å². The molecule has 3 rings (SSSR count). The fourth-order valence-electron chi connectivity index (χ4n) is 2.12. The average Bonchev–Trinajstić information content (AvgIpc) is 3.25. The van der Waals surface area contributed by atoms with E-state index in [4.69, 9.17) is 16.3 Å². The van der Waals surface area contributed by atoms with Crippen LogP contribution in [0.15, 0.2) is 41.4 Å². The molecule has 25 heavy (non-hydrogen) atoms. The topological polar surface area (TPSA) is 87.6 Å². The second-order valence-corrected chi connectivity index (χ2v) is 6.80. The molecule has 0 aliphatic carbocycles. The number of aliphatic imine (C=N–C) groups is 1. The van der Waals surface area contributed by atoms with E-state index in [0.29, 0.717) is 21.3 Å². The highest BCUT2D eigenvalue weighted by molar-refractivity contribution is 7.19. The Labute approximate surface area is 152 Å². The Morgan fingerprint density at radius 2 is 2.24 bits per heavy atom. The fraction of sp³-hybridized carbons (Fsp3) is 0.118. The molecule has 2 heterocycles. The van der Waals surface area contributed by atoms with Crippen LogP contribution < -0.4 is 4.74 Å². The lowest BCUT2D eigenvalue weighted by Crippen LogP contribution is -2.04. The van der Waals surface area contributed by atoms with Crippen LogP contribution in [0.2, 0.25) is 4.34 Å². The lowest BCUT2D eigenvalue weighted by molar-refractivity contribution is 0.0997. The smallest absolute Gasteiger partial charge is 0.204 e. The standard InChI is InChI=1S/C17H14ClN3O3S/c1-24-11-2-3-14(22)10(6-11)8-19-9-15(23)12-7-13(21-20-12)16-4-5-17(18)25-16/h2-8,22H,9H2,1H3,(H,20,21). The molecule has 0 spiro atoms. The number of benzene rings is 1. The van der Waals surface area contributed by atoms with Crippen molar-refractivity contribution in [2.45, 2.75) is 0 Å². The van der Waals surface area contributed by atoms with Gasteiger partial charge >= 0.3 is 0 Å². The summed E-state index contributed by atoms with van der Waals surface area (Å²) in [5, 5.41) is 16.6. The minimum atomic E-state index is -0.233. The quantitative estimate of drug-likeness (QED) is 0.506. The van der Waals surface area contributed by atoms with Gasteiger partial charge in [-0.2, -0.15) is 5.10 Å². The Morgan fingerprint density at radius 3 is 2.96 bits per heavy atom. The molecule has 0 fully saturated rings. The van der Waals surface area contributed by atoms with Crippen LogP contribution in [-0.2, 0) is 0 Å². The molecular weight excluding hydrogens is 362 g/mol. The molecule has 0 atom stereocenters. The van der Waals surface area contributed by atoms with Gasteiger partial charge in [0.15, 0.2) is 0 Å². The van der Waals surface area contributed by atoms with Crippen LogP contribution in [0.25, 0.3) is 10.6 Å². The third kappa shape index (κ3) is 4.07. The molecule has 0 saturated heterocycles. The summed E-state index contributed by atoms with van der Waals surface area (Å²) in [7, 11) is 1.53. The number of phenolic OH excluding ortho intramolecular Hbond substituents is 1. The number of methoxy groups -OCH3 is 1. The third-order valence-electron chi connectivity index (χ3n) is 3.40. The van der Waals surface area contributed by atoms with Gasteiger partial charge in [-0.15, -0.1) is 11.3 Å². The third-order valence-corrected chi connectivity index (χ3v) is 4.67. The van der Waals surface area contributed by atoms with Gasteiger partial charge in [0.25, 0.3) is 0 Å². The predicted molar refractivity (Wildman–Crippen MR) is 98.4 cm³/mol. The Morgan fingerprint density at radius 1 is 1.40 bits per heavy atom. The van der Waals surface area contributed by atoms with Gasteiger partial charge in [0.2, 0.25) is 5.78 Å².